The number of aliphatic imine (C=N–C) groups is 1. The van der Waals surface area contributed by atoms with Crippen LogP contribution in [0.15, 0.2) is 53.5 Å². The number of Topliss-reactive ketones (excluding diaryl/α,β-unsaturated/α-hetero) is 2. The highest BCUT2D eigenvalue weighted by Gasteiger charge is 2.44. The van der Waals surface area contributed by atoms with Crippen molar-refractivity contribution in [3.8, 4) is 5.75 Å². The number of carbonyl (C=O) groups excluding carboxylic acids is 3. The molecule has 1 amide bonds. The Morgan fingerprint density at radius 2 is 1.77 bits per heavy atom. The van der Waals surface area contributed by atoms with Gasteiger partial charge in [0, 0.05) is 26.1 Å². The van der Waals surface area contributed by atoms with E-state index in [4.69, 9.17) is 14.5 Å². The van der Waals surface area contributed by atoms with Gasteiger partial charge in [-0.3, -0.25) is 19.3 Å². The molecule has 256 valence electrons. The quantitative estimate of drug-likeness (QED) is 0.219. The fraction of sp³-hybridized carbons (Fsp3) is 0.568. The van der Waals surface area contributed by atoms with Gasteiger partial charge in [-0.1, -0.05) is 42.8 Å². The Morgan fingerprint density at radius 3 is 2.40 bits per heavy atom. The van der Waals surface area contributed by atoms with Gasteiger partial charge in [0.1, 0.15) is 17.3 Å². The number of rotatable bonds is 14. The van der Waals surface area contributed by atoms with Gasteiger partial charge in [-0.15, -0.1) is 0 Å². The molecule has 0 radical (unpaired) electrons. The summed E-state index contributed by atoms with van der Waals surface area (Å²) in [4.78, 5) is 53.3. The number of benzene rings is 2. The molecule has 1 fully saturated rings. The molecular formula is C37H53N5O5. The predicted molar refractivity (Wildman–Crippen MR) is 185 cm³/mol. The normalized spacial score (nSPS) is 19.8. The van der Waals surface area contributed by atoms with E-state index in [1.165, 1.54) is 14.0 Å². The van der Waals surface area contributed by atoms with Crippen LogP contribution in [-0.4, -0.2) is 122 Å². The molecule has 2 aliphatic rings. The van der Waals surface area contributed by atoms with Crippen molar-refractivity contribution in [1.29, 1.82) is 0 Å². The molecule has 0 aliphatic carbocycles. The Morgan fingerprint density at radius 1 is 1.04 bits per heavy atom. The molecule has 0 saturated carbocycles. The molecule has 47 heavy (non-hydrogen) atoms. The highest BCUT2D eigenvalue weighted by Crippen LogP contribution is 2.38. The van der Waals surface area contributed by atoms with Crippen LogP contribution >= 0.6 is 0 Å². The number of hydrogen-bond donors (Lipinski definition) is 0. The molecule has 2 aromatic rings. The zero-order valence-corrected chi connectivity index (χ0v) is 29.5. The topological polar surface area (TPSA) is 95.0 Å². The van der Waals surface area contributed by atoms with Crippen LogP contribution < -0.4 is 4.74 Å². The lowest BCUT2D eigenvalue weighted by Crippen LogP contribution is -2.62. The van der Waals surface area contributed by atoms with Gasteiger partial charge >= 0.3 is 0 Å². The van der Waals surface area contributed by atoms with Crippen LogP contribution in [0.3, 0.4) is 0 Å². The summed E-state index contributed by atoms with van der Waals surface area (Å²) in [7, 11) is 9.52. The van der Waals surface area contributed by atoms with Gasteiger partial charge in [0.05, 0.1) is 18.7 Å². The first-order chi connectivity index (χ1) is 22.3. The average Bonchev–Trinajstić information content (AvgIpc) is 3.37. The number of ether oxygens (including phenoxy) is 2. The summed E-state index contributed by atoms with van der Waals surface area (Å²) in [5, 5.41) is 0. The third kappa shape index (κ3) is 8.99. The number of hydrogen-bond acceptors (Lipinski definition) is 9. The molecule has 0 spiro atoms. The minimum absolute atomic E-state index is 0.0119. The maximum Gasteiger partial charge on any atom is 0.288 e. The third-order valence-electron chi connectivity index (χ3n) is 9.20. The first kappa shape index (κ1) is 36.1. The SMILES string of the molecule is COc1cc(CCC(=O)[C@@H]2CN(C3=NC(C)(C)[C@H](c4ccccc4)O3)CCN2C(=O)[C@@H](CCCCN(C)C)N(C)C)ccc1C(C)=O. The number of carbonyl (C=O) groups is 3. The largest absolute Gasteiger partial charge is 0.496 e. The second-order valence-electron chi connectivity index (χ2n) is 13.8. The van der Waals surface area contributed by atoms with Crippen LogP contribution in [-0.2, 0) is 20.7 Å². The van der Waals surface area contributed by atoms with Crippen molar-refractivity contribution in [3.63, 3.8) is 0 Å². The average molecular weight is 648 g/mol. The van der Waals surface area contributed by atoms with Crippen molar-refractivity contribution in [2.75, 3.05) is 61.5 Å². The van der Waals surface area contributed by atoms with Gasteiger partial charge in [0.2, 0.25) is 5.91 Å². The highest BCUT2D eigenvalue weighted by atomic mass is 16.5. The molecule has 2 aliphatic heterocycles. The van der Waals surface area contributed by atoms with E-state index in [-0.39, 0.29) is 36.0 Å². The van der Waals surface area contributed by atoms with E-state index >= 15 is 0 Å². The van der Waals surface area contributed by atoms with Crippen LogP contribution in [0, 0.1) is 0 Å². The van der Waals surface area contributed by atoms with Crippen molar-refractivity contribution in [1.82, 2.24) is 19.6 Å². The number of aryl methyl sites for hydroxylation is 1. The maximum atomic E-state index is 14.2. The monoisotopic (exact) mass is 647 g/mol. The van der Waals surface area contributed by atoms with Crippen molar-refractivity contribution in [3.05, 3.63) is 65.2 Å². The van der Waals surface area contributed by atoms with Gasteiger partial charge in [-0.2, -0.15) is 0 Å². The number of amides is 1. The van der Waals surface area contributed by atoms with Crippen LogP contribution in [0.25, 0.3) is 0 Å². The summed E-state index contributed by atoms with van der Waals surface area (Å²) in [5.41, 5.74) is 1.97. The zero-order valence-electron chi connectivity index (χ0n) is 29.5. The number of methoxy groups -OCH3 is 1. The standard InChI is InChI=1S/C37H53N5O5/c1-26(43)29-19-17-27(24-33(29)46-8)18-20-32(44)31-25-41(36-38-37(2,3)34(47-36)28-14-10-9-11-15-28)22-23-42(31)35(45)30(40(6)7)16-12-13-21-39(4)5/h9-11,14-15,17,19,24,30-31,34H,12-13,16,18,20-23,25H2,1-8H3/t30-,31+,34+/m1/s1. The second kappa shape index (κ2) is 15.9. The minimum atomic E-state index is -0.649. The summed E-state index contributed by atoms with van der Waals surface area (Å²) < 4.78 is 11.9. The van der Waals surface area contributed by atoms with E-state index in [0.717, 1.165) is 36.9 Å². The summed E-state index contributed by atoms with van der Waals surface area (Å²) in [6.45, 7) is 7.83. The lowest BCUT2D eigenvalue weighted by molar-refractivity contribution is -0.146. The Labute approximate surface area is 280 Å². The van der Waals surface area contributed by atoms with Crippen LogP contribution in [0.4, 0.5) is 0 Å². The predicted octanol–water partition coefficient (Wildman–Crippen LogP) is 4.48. The number of nitrogens with zero attached hydrogens (tertiary/aromatic N) is 5. The molecule has 1 saturated heterocycles. The molecule has 3 atom stereocenters. The number of amidine groups is 1. The molecular weight excluding hydrogens is 594 g/mol. The Bertz CT molecular complexity index is 1420. The fourth-order valence-electron chi connectivity index (χ4n) is 6.50. The Kier molecular flexibility index (Phi) is 12.2. The second-order valence-corrected chi connectivity index (χ2v) is 13.8. The summed E-state index contributed by atoms with van der Waals surface area (Å²) in [5.74, 6) is 0.397. The van der Waals surface area contributed by atoms with Crippen LogP contribution in [0.1, 0.15) is 74.0 Å². The van der Waals surface area contributed by atoms with E-state index in [9.17, 15) is 14.4 Å². The molecule has 0 unspecified atom stereocenters. The van der Waals surface area contributed by atoms with Gasteiger partial charge in [0.15, 0.2) is 17.7 Å². The highest BCUT2D eigenvalue weighted by molar-refractivity contribution is 5.97. The van der Waals surface area contributed by atoms with Crippen LogP contribution in [0.5, 0.6) is 5.75 Å². The van der Waals surface area contributed by atoms with Gasteiger partial charge in [-0.05, 0) is 98.0 Å². The fourth-order valence-corrected chi connectivity index (χ4v) is 6.50. The number of unbranched alkanes of at least 4 members (excludes halogenated alkanes) is 1. The summed E-state index contributed by atoms with van der Waals surface area (Å²) in [6, 6.07) is 15.1. The van der Waals surface area contributed by atoms with E-state index in [2.05, 4.69) is 32.8 Å². The first-order valence-corrected chi connectivity index (χ1v) is 16.7. The Balaban J connectivity index is 1.55. The lowest BCUT2D eigenvalue weighted by atomic mass is 9.93. The molecule has 10 nitrogen and oxygen atoms in total. The van der Waals surface area contributed by atoms with E-state index < -0.39 is 11.6 Å². The van der Waals surface area contributed by atoms with Crippen molar-refractivity contribution < 1.29 is 23.9 Å². The maximum absolute atomic E-state index is 14.2. The van der Waals surface area contributed by atoms with E-state index in [1.54, 1.807) is 11.0 Å². The molecule has 4 rings (SSSR count). The molecule has 0 bridgehead atoms. The molecule has 0 aromatic heterocycles. The first-order valence-electron chi connectivity index (χ1n) is 16.7. The molecule has 10 heteroatoms. The number of ketones is 2. The summed E-state index contributed by atoms with van der Waals surface area (Å²) >= 11 is 0. The minimum Gasteiger partial charge on any atom is -0.496 e. The lowest BCUT2D eigenvalue weighted by Gasteiger charge is -2.43. The van der Waals surface area contributed by atoms with Gasteiger partial charge in [0.25, 0.3) is 6.02 Å². The third-order valence-corrected chi connectivity index (χ3v) is 9.20. The number of likely N-dealkylation sites (N-methyl/N-ethyl adjacent to an activating group) is 1. The van der Waals surface area contributed by atoms with Crippen molar-refractivity contribution >= 4 is 23.5 Å². The molecule has 0 N–H and O–H groups in total. The van der Waals surface area contributed by atoms with Gasteiger partial charge < -0.3 is 24.2 Å². The van der Waals surface area contributed by atoms with Crippen molar-refractivity contribution in [2.24, 2.45) is 4.99 Å². The molecule has 2 heterocycles. The Hall–Kier alpha value is -3.76. The van der Waals surface area contributed by atoms with Crippen molar-refractivity contribution in [2.45, 2.75) is 76.6 Å². The molecule has 2 aromatic carbocycles. The smallest absolute Gasteiger partial charge is 0.288 e. The van der Waals surface area contributed by atoms with Gasteiger partial charge in [-0.25, -0.2) is 4.99 Å². The zero-order chi connectivity index (χ0) is 34.3. The van der Waals surface area contributed by atoms with Crippen LogP contribution in [0.2, 0.25) is 0 Å². The van der Waals surface area contributed by atoms with E-state index in [0.29, 0.717) is 43.4 Å². The summed E-state index contributed by atoms with van der Waals surface area (Å²) in [6.07, 6.45) is 3.11. The number of piperazine rings is 1. The van der Waals surface area contributed by atoms with E-state index in [1.807, 2.05) is 66.4 Å².